The van der Waals surface area contributed by atoms with E-state index in [1.54, 1.807) is 46.0 Å². The minimum atomic E-state index is -1.83. The second-order valence-corrected chi connectivity index (χ2v) is 6.43. The fourth-order valence-corrected chi connectivity index (χ4v) is 3.01. The molecule has 1 aliphatic rings. The summed E-state index contributed by atoms with van der Waals surface area (Å²) in [5, 5.41) is 32.5. The number of hydrogen-bond donors (Lipinski definition) is 2. The lowest BCUT2D eigenvalue weighted by Crippen LogP contribution is -2.73. The number of fused-ring (bicyclic) bond motifs is 1. The van der Waals surface area contributed by atoms with E-state index >= 15 is 0 Å². The third kappa shape index (κ3) is 1.87. The normalized spacial score (nSPS) is 28.6. The maximum atomic E-state index is 11.1. The second kappa shape index (κ2) is 4.50. The van der Waals surface area contributed by atoms with Gasteiger partial charge in [-0.15, -0.1) is 10.2 Å². The monoisotopic (exact) mass is 314 g/mol. The summed E-state index contributed by atoms with van der Waals surface area (Å²) < 4.78 is 5.89. The zero-order valence-electron chi connectivity index (χ0n) is 13.4. The van der Waals surface area contributed by atoms with Gasteiger partial charge in [-0.2, -0.15) is 10.1 Å². The summed E-state index contributed by atoms with van der Waals surface area (Å²) in [5.41, 5.74) is 3.15. The highest BCUT2D eigenvalue weighted by Gasteiger charge is 2.63. The van der Waals surface area contributed by atoms with Crippen molar-refractivity contribution in [2.45, 2.75) is 37.5 Å². The van der Waals surface area contributed by atoms with Crippen LogP contribution in [0.5, 0.6) is 5.75 Å². The highest BCUT2D eigenvalue weighted by Crippen LogP contribution is 2.51. The first kappa shape index (κ1) is 15.4. The molecular weight excluding hydrogens is 296 g/mol. The van der Waals surface area contributed by atoms with Crippen LogP contribution in [0.2, 0.25) is 0 Å². The summed E-state index contributed by atoms with van der Waals surface area (Å²) in [6.45, 7) is 5.12. The lowest BCUT2D eigenvalue weighted by atomic mass is 9.64. The molecule has 23 heavy (non-hydrogen) atoms. The lowest BCUT2D eigenvalue weighted by molar-refractivity contribution is -0.162. The number of nitriles is 1. The van der Waals surface area contributed by atoms with Gasteiger partial charge in [-0.1, -0.05) is 0 Å². The first-order valence-electron chi connectivity index (χ1n) is 7.13. The Morgan fingerprint density at radius 2 is 2.04 bits per heavy atom. The summed E-state index contributed by atoms with van der Waals surface area (Å²) in [6, 6.07) is 7.06. The van der Waals surface area contributed by atoms with Gasteiger partial charge in [0, 0.05) is 5.56 Å². The zero-order chi connectivity index (χ0) is 17.0. The molecule has 3 N–H and O–H groups in total. The van der Waals surface area contributed by atoms with Gasteiger partial charge in [-0.25, -0.2) is 0 Å². The Labute approximate surface area is 133 Å². The minimum Gasteiger partial charge on any atom is -0.483 e. The smallest absolute Gasteiger partial charge is 0.189 e. The molecule has 0 bridgehead atoms. The third-order valence-electron chi connectivity index (χ3n) is 4.65. The molecule has 2 unspecified atom stereocenters. The van der Waals surface area contributed by atoms with Crippen molar-refractivity contribution in [3.8, 4) is 11.8 Å². The van der Waals surface area contributed by atoms with Crippen LogP contribution in [0.3, 0.4) is 0 Å². The van der Waals surface area contributed by atoms with Crippen LogP contribution < -0.4 is 10.5 Å². The predicted molar refractivity (Wildman–Crippen MR) is 80.3 cm³/mol. The van der Waals surface area contributed by atoms with Gasteiger partial charge in [-0.3, -0.25) is 5.73 Å². The Bertz CT molecular complexity index is 820. The predicted octanol–water partition coefficient (Wildman–Crippen LogP) is 0.206. The second-order valence-electron chi connectivity index (χ2n) is 6.43. The van der Waals surface area contributed by atoms with E-state index in [1.807, 2.05) is 0 Å². The van der Waals surface area contributed by atoms with Crippen molar-refractivity contribution in [2.24, 2.45) is 12.8 Å². The molecule has 2 heterocycles. The van der Waals surface area contributed by atoms with Crippen LogP contribution in [0.4, 0.5) is 0 Å². The van der Waals surface area contributed by atoms with Crippen LogP contribution in [0.15, 0.2) is 18.2 Å². The maximum Gasteiger partial charge on any atom is 0.189 e. The van der Waals surface area contributed by atoms with Crippen molar-refractivity contribution in [2.75, 3.05) is 0 Å². The van der Waals surface area contributed by atoms with E-state index in [0.717, 1.165) is 0 Å². The molecule has 1 aromatic carbocycles. The number of hydrogen-bond acceptors (Lipinski definition) is 7. The summed E-state index contributed by atoms with van der Waals surface area (Å²) >= 11 is 0. The highest BCUT2D eigenvalue weighted by molar-refractivity contribution is 5.53. The van der Waals surface area contributed by atoms with E-state index < -0.39 is 16.7 Å². The van der Waals surface area contributed by atoms with Crippen LogP contribution in [0.25, 0.3) is 0 Å². The Kier molecular flexibility index (Phi) is 3.01. The van der Waals surface area contributed by atoms with E-state index in [-0.39, 0.29) is 5.82 Å². The largest absolute Gasteiger partial charge is 0.483 e. The minimum absolute atomic E-state index is 0.262. The standard InChI is InChI=1S/C15H18N6O2/c1-13(2)15(17,22)14(3,12-18-20-21(4)19-12)10-7-9(8-16)5-6-11(10)23-13/h5-7,22H,17H2,1-4H3. The number of aromatic nitrogens is 4. The molecule has 0 spiro atoms. The number of aryl methyl sites for hydroxylation is 1. The quantitative estimate of drug-likeness (QED) is 0.721. The molecule has 2 atom stereocenters. The fourth-order valence-electron chi connectivity index (χ4n) is 3.01. The van der Waals surface area contributed by atoms with Gasteiger partial charge in [-0.05, 0) is 44.2 Å². The molecular formula is C15H18N6O2. The van der Waals surface area contributed by atoms with Crippen molar-refractivity contribution in [3.05, 3.63) is 35.2 Å². The van der Waals surface area contributed by atoms with Gasteiger partial charge >= 0.3 is 0 Å². The fraction of sp³-hybridized carbons (Fsp3) is 0.467. The molecule has 8 heteroatoms. The molecule has 120 valence electrons. The van der Waals surface area contributed by atoms with Gasteiger partial charge < -0.3 is 9.84 Å². The van der Waals surface area contributed by atoms with Crippen LogP contribution in [-0.4, -0.2) is 36.6 Å². The molecule has 3 rings (SSSR count). The van der Waals surface area contributed by atoms with Crippen molar-refractivity contribution < 1.29 is 9.84 Å². The number of rotatable bonds is 1. The SMILES string of the molecule is Cn1nnc(C2(C)c3cc(C#N)ccc3OC(C)(C)C2(N)O)n1. The average molecular weight is 314 g/mol. The van der Waals surface area contributed by atoms with Crippen LogP contribution in [0.1, 0.15) is 37.7 Å². The molecule has 0 amide bonds. The summed E-state index contributed by atoms with van der Waals surface area (Å²) in [4.78, 5) is 1.30. The first-order chi connectivity index (χ1) is 10.6. The molecule has 0 radical (unpaired) electrons. The van der Waals surface area contributed by atoms with Crippen molar-refractivity contribution >= 4 is 0 Å². The number of ether oxygens (including phenoxy) is 1. The maximum absolute atomic E-state index is 11.1. The molecule has 0 saturated carbocycles. The van der Waals surface area contributed by atoms with Crippen LogP contribution >= 0.6 is 0 Å². The summed E-state index contributed by atoms with van der Waals surface area (Å²) in [5.74, 6) is 0.789. The Morgan fingerprint density at radius 1 is 1.35 bits per heavy atom. The van der Waals surface area contributed by atoms with Gasteiger partial charge in [0.1, 0.15) is 16.8 Å². The van der Waals surface area contributed by atoms with Gasteiger partial charge in [0.2, 0.25) is 0 Å². The first-order valence-corrected chi connectivity index (χ1v) is 7.13. The summed E-state index contributed by atoms with van der Waals surface area (Å²) in [6.07, 6.45) is 0. The van der Waals surface area contributed by atoms with Gasteiger partial charge in [0.15, 0.2) is 11.5 Å². The van der Waals surface area contributed by atoms with E-state index in [1.165, 1.54) is 4.80 Å². The van der Waals surface area contributed by atoms with Crippen LogP contribution in [0, 0.1) is 11.3 Å². The van der Waals surface area contributed by atoms with E-state index in [0.29, 0.717) is 16.9 Å². The molecule has 0 aliphatic carbocycles. The van der Waals surface area contributed by atoms with Gasteiger partial charge in [0.25, 0.3) is 0 Å². The summed E-state index contributed by atoms with van der Waals surface area (Å²) in [7, 11) is 1.63. The number of nitrogens with two attached hydrogens (primary N) is 1. The van der Waals surface area contributed by atoms with E-state index in [4.69, 9.17) is 10.5 Å². The average Bonchev–Trinajstić information content (AvgIpc) is 2.92. The molecule has 0 saturated heterocycles. The highest BCUT2D eigenvalue weighted by atomic mass is 16.5. The van der Waals surface area contributed by atoms with Gasteiger partial charge in [0.05, 0.1) is 18.7 Å². The Morgan fingerprint density at radius 3 is 2.61 bits per heavy atom. The van der Waals surface area contributed by atoms with E-state index in [2.05, 4.69) is 21.5 Å². The topological polar surface area (TPSA) is 123 Å². The molecule has 1 aromatic heterocycles. The Hall–Kier alpha value is -2.50. The van der Waals surface area contributed by atoms with Crippen molar-refractivity contribution in [1.29, 1.82) is 5.26 Å². The van der Waals surface area contributed by atoms with Crippen molar-refractivity contribution in [3.63, 3.8) is 0 Å². The molecule has 2 aromatic rings. The number of aliphatic hydroxyl groups is 1. The van der Waals surface area contributed by atoms with Crippen LogP contribution in [-0.2, 0) is 12.5 Å². The lowest BCUT2D eigenvalue weighted by Gasteiger charge is -2.53. The molecule has 8 nitrogen and oxygen atoms in total. The van der Waals surface area contributed by atoms with E-state index in [9.17, 15) is 10.4 Å². The molecule has 1 aliphatic heterocycles. The molecule has 0 fully saturated rings. The van der Waals surface area contributed by atoms with Crippen molar-refractivity contribution in [1.82, 2.24) is 20.2 Å². The zero-order valence-corrected chi connectivity index (χ0v) is 13.4. The number of benzene rings is 1. The third-order valence-corrected chi connectivity index (χ3v) is 4.65. The Balaban J connectivity index is 2.37. The number of nitrogens with zero attached hydrogens (tertiary/aromatic N) is 5. The number of tetrazole rings is 1.